The Hall–Kier alpha value is -4.27. The van der Waals surface area contributed by atoms with Gasteiger partial charge in [0.05, 0.1) is 18.1 Å². The summed E-state index contributed by atoms with van der Waals surface area (Å²) in [6.07, 6.45) is 7.18. The number of hydrogen-bond donors (Lipinski definition) is 3. The van der Waals surface area contributed by atoms with Crippen LogP contribution in [-0.4, -0.2) is 82.4 Å². The van der Waals surface area contributed by atoms with Crippen molar-refractivity contribution in [3.05, 3.63) is 43.3 Å². The molecule has 0 bridgehead atoms. The Morgan fingerprint density at radius 3 is 2.54 bits per heavy atom. The van der Waals surface area contributed by atoms with Crippen molar-refractivity contribution in [2.24, 2.45) is 17.3 Å². The lowest BCUT2D eigenvalue weighted by atomic mass is 9.85. The van der Waals surface area contributed by atoms with E-state index >= 15 is 0 Å². The van der Waals surface area contributed by atoms with E-state index < -0.39 is 68.1 Å². The Balaban J connectivity index is 1.25. The second kappa shape index (κ2) is 12.6. The molecule has 15 heteroatoms. The third-order valence-electron chi connectivity index (χ3n) is 9.37. The van der Waals surface area contributed by atoms with E-state index in [4.69, 9.17) is 9.15 Å². The van der Waals surface area contributed by atoms with Gasteiger partial charge in [0.15, 0.2) is 5.76 Å². The summed E-state index contributed by atoms with van der Waals surface area (Å²) >= 11 is 0. The van der Waals surface area contributed by atoms with Gasteiger partial charge < -0.3 is 24.7 Å². The zero-order chi connectivity index (χ0) is 34.4. The average molecular weight is 683 g/mol. The number of nitrogens with zero attached hydrogens (tertiary/aromatic N) is 3. The molecule has 48 heavy (non-hydrogen) atoms. The van der Waals surface area contributed by atoms with Crippen LogP contribution in [0.1, 0.15) is 65.7 Å². The van der Waals surface area contributed by atoms with Crippen molar-refractivity contribution in [1.29, 1.82) is 0 Å². The number of sulfonamides is 1. The molecule has 5 unspecified atom stereocenters. The first-order chi connectivity index (χ1) is 22.7. The highest BCUT2D eigenvalue weighted by molar-refractivity contribution is 7.91. The fourth-order valence-corrected chi connectivity index (χ4v) is 7.48. The lowest BCUT2D eigenvalue weighted by Crippen LogP contribution is -2.60. The molecular weight excluding hydrogens is 640 g/mol. The van der Waals surface area contributed by atoms with Gasteiger partial charge in [-0.15, -0.1) is 6.58 Å². The van der Waals surface area contributed by atoms with Gasteiger partial charge in [0, 0.05) is 25.0 Å². The maximum Gasteiger partial charge on any atom is 0.317 e. The normalized spacial score (nSPS) is 25.9. The second-order valence-electron chi connectivity index (χ2n) is 14.4. The smallest absolute Gasteiger partial charge is 0.317 e. The number of nitrogens with one attached hydrogen (secondary N) is 3. The second-order valence-corrected chi connectivity index (χ2v) is 16.3. The fourth-order valence-electron chi connectivity index (χ4n) is 6.12. The van der Waals surface area contributed by atoms with Crippen LogP contribution in [0.2, 0.25) is 0 Å². The number of hydrogen-bond acceptors (Lipinski definition) is 10. The molecule has 1 saturated heterocycles. The number of aromatic nitrogens is 2. The first-order valence-corrected chi connectivity index (χ1v) is 17.9. The van der Waals surface area contributed by atoms with Crippen molar-refractivity contribution in [1.82, 2.24) is 30.2 Å². The molecule has 258 valence electrons. The first kappa shape index (κ1) is 33.6. The molecule has 0 radical (unpaired) electrons. The van der Waals surface area contributed by atoms with E-state index in [0.29, 0.717) is 36.6 Å². The van der Waals surface area contributed by atoms with E-state index in [1.165, 1.54) is 23.4 Å². The molecule has 2 aromatic heterocycles. The maximum absolute atomic E-state index is 14.3. The molecule has 3 N–H and O–H groups in total. The number of rotatable bonds is 13. The maximum atomic E-state index is 14.3. The zero-order valence-electron chi connectivity index (χ0n) is 27.3. The van der Waals surface area contributed by atoms with Crippen molar-refractivity contribution in [2.45, 2.75) is 94.7 Å². The molecule has 1 aliphatic heterocycles. The third-order valence-corrected chi connectivity index (χ3v) is 11.2. The van der Waals surface area contributed by atoms with E-state index in [9.17, 15) is 27.6 Å². The summed E-state index contributed by atoms with van der Waals surface area (Å²) in [6, 6.07) is 3.06. The summed E-state index contributed by atoms with van der Waals surface area (Å²) in [6.45, 7) is 9.22. The number of furan rings is 1. The van der Waals surface area contributed by atoms with Gasteiger partial charge in [-0.1, -0.05) is 26.8 Å². The molecule has 3 aliphatic carbocycles. The molecule has 0 aromatic carbocycles. The molecular formula is C33H42N6O8S. The topological polar surface area (TPSA) is 190 Å². The average Bonchev–Trinajstić information content (AvgIpc) is 3.98. The molecule has 4 aliphatic rings. The van der Waals surface area contributed by atoms with Crippen LogP contribution in [0, 0.1) is 17.3 Å². The van der Waals surface area contributed by atoms with E-state index in [2.05, 4.69) is 31.9 Å². The Labute approximate surface area is 279 Å². The zero-order valence-corrected chi connectivity index (χ0v) is 28.1. The minimum absolute atomic E-state index is 0.0162. The Bertz CT molecular complexity index is 1700. The molecule has 3 heterocycles. The van der Waals surface area contributed by atoms with Crippen LogP contribution in [0.5, 0.6) is 6.01 Å². The van der Waals surface area contributed by atoms with Crippen molar-refractivity contribution in [3.63, 3.8) is 0 Å². The number of ether oxygens (including phenoxy) is 1. The van der Waals surface area contributed by atoms with Gasteiger partial charge in [-0.2, -0.15) is 4.98 Å². The highest BCUT2D eigenvalue weighted by atomic mass is 32.2. The van der Waals surface area contributed by atoms with Gasteiger partial charge in [-0.3, -0.25) is 23.9 Å². The number of carbonyl (C=O) groups excluding carboxylic acids is 4. The Morgan fingerprint density at radius 1 is 1.19 bits per heavy atom. The van der Waals surface area contributed by atoms with Gasteiger partial charge in [0.25, 0.3) is 5.91 Å². The highest BCUT2D eigenvalue weighted by Gasteiger charge is 2.62. The summed E-state index contributed by atoms with van der Waals surface area (Å²) in [5, 5.41) is 5.05. The van der Waals surface area contributed by atoms with Crippen molar-refractivity contribution in [3.8, 4) is 17.5 Å². The molecule has 14 nitrogen and oxygen atoms in total. The molecule has 4 fully saturated rings. The van der Waals surface area contributed by atoms with Crippen LogP contribution in [0.25, 0.3) is 11.5 Å². The number of amides is 4. The van der Waals surface area contributed by atoms with E-state index in [1.54, 1.807) is 18.2 Å². The lowest BCUT2D eigenvalue weighted by molar-refractivity contribution is -0.144. The summed E-state index contributed by atoms with van der Waals surface area (Å²) in [5.41, 5.74) is -1.76. The summed E-state index contributed by atoms with van der Waals surface area (Å²) in [7, 11) is -3.88. The highest BCUT2D eigenvalue weighted by Crippen LogP contribution is 2.45. The molecule has 5 atom stereocenters. The Kier molecular flexibility index (Phi) is 8.85. The van der Waals surface area contributed by atoms with Gasteiger partial charge in [0.1, 0.15) is 29.4 Å². The predicted molar refractivity (Wildman–Crippen MR) is 172 cm³/mol. The quantitative estimate of drug-likeness (QED) is 0.264. The van der Waals surface area contributed by atoms with Crippen LogP contribution in [-0.2, 0) is 29.2 Å². The van der Waals surface area contributed by atoms with Crippen molar-refractivity contribution >= 4 is 33.7 Å². The van der Waals surface area contributed by atoms with Gasteiger partial charge in [-0.25, -0.2) is 13.4 Å². The lowest BCUT2D eigenvalue weighted by Gasteiger charge is -2.35. The minimum Gasteiger partial charge on any atom is -0.463 e. The third kappa shape index (κ3) is 7.25. The van der Waals surface area contributed by atoms with E-state index in [0.717, 1.165) is 12.8 Å². The molecule has 2 aromatic rings. The minimum atomic E-state index is -3.88. The van der Waals surface area contributed by atoms with Gasteiger partial charge in [-0.05, 0) is 61.6 Å². The van der Waals surface area contributed by atoms with Crippen LogP contribution in [0.15, 0.2) is 47.7 Å². The number of carbonyl (C=O) groups is 4. The molecule has 3 saturated carbocycles. The van der Waals surface area contributed by atoms with Crippen LogP contribution in [0.4, 0.5) is 0 Å². The van der Waals surface area contributed by atoms with Crippen LogP contribution >= 0.6 is 0 Å². The largest absolute Gasteiger partial charge is 0.463 e. The van der Waals surface area contributed by atoms with Crippen molar-refractivity contribution in [2.75, 3.05) is 6.54 Å². The molecule has 6 rings (SSSR count). The SMILES string of the molecule is C=CC1CC1(NC(=O)C1CC(Oc2nccc(-c3ccco3)n2)CN1C(=O)C(NC(=O)CC1CC1)C(C)(C)C)C(=O)NS(=O)(=O)C1CC1. The monoisotopic (exact) mass is 682 g/mol. The summed E-state index contributed by atoms with van der Waals surface area (Å²) in [5.74, 6) is -1.89. The van der Waals surface area contributed by atoms with E-state index in [1.807, 2.05) is 20.8 Å². The molecule has 4 amide bonds. The Morgan fingerprint density at radius 2 is 1.94 bits per heavy atom. The van der Waals surface area contributed by atoms with Crippen LogP contribution < -0.4 is 20.1 Å². The predicted octanol–water partition coefficient (Wildman–Crippen LogP) is 2.09. The van der Waals surface area contributed by atoms with E-state index in [-0.39, 0.29) is 31.3 Å². The van der Waals surface area contributed by atoms with Crippen molar-refractivity contribution < 1.29 is 36.7 Å². The summed E-state index contributed by atoms with van der Waals surface area (Å²) < 4.78 is 38.9. The van der Waals surface area contributed by atoms with Crippen LogP contribution in [0.3, 0.4) is 0 Å². The van der Waals surface area contributed by atoms with Gasteiger partial charge >= 0.3 is 6.01 Å². The standard InChI is InChI=1S/C33H42N6O8S/c1-5-20-17-33(20,30(43)38-48(44,45)22-10-11-22)37-28(41)24-16-21(47-31-34-13-12-23(35-31)25-7-6-14-46-25)18-39(24)29(42)27(32(2,3)4)36-26(40)15-19-8-9-19/h5-7,12-14,19-22,24,27H,1,8-11,15-18H2,2-4H3,(H,36,40)(H,37,41)(H,38,43). The number of likely N-dealkylation sites (tertiary alicyclic amines) is 1. The van der Waals surface area contributed by atoms with Gasteiger partial charge in [0.2, 0.25) is 27.7 Å². The molecule has 0 spiro atoms. The fraction of sp³-hybridized carbons (Fsp3) is 0.576. The summed E-state index contributed by atoms with van der Waals surface area (Å²) in [4.78, 5) is 64.7. The first-order valence-electron chi connectivity index (χ1n) is 16.3.